The van der Waals surface area contributed by atoms with E-state index < -0.39 is 23.6 Å². The summed E-state index contributed by atoms with van der Waals surface area (Å²) in [6.45, 7) is 0. The Morgan fingerprint density at radius 2 is 1.81 bits per heavy atom. The monoisotopic (exact) mass is 283 g/mol. The molecule has 2 aromatic rings. The molecule has 0 fully saturated rings. The van der Waals surface area contributed by atoms with Gasteiger partial charge in [0.15, 0.2) is 0 Å². The first kappa shape index (κ1) is 14.7. The molecule has 106 valence electrons. The zero-order valence-corrected chi connectivity index (χ0v) is 11.2. The van der Waals surface area contributed by atoms with Gasteiger partial charge in [-0.2, -0.15) is 5.26 Å². The number of benzene rings is 2. The predicted molar refractivity (Wildman–Crippen MR) is 76.2 cm³/mol. The van der Waals surface area contributed by atoms with Gasteiger partial charge in [-0.1, -0.05) is 42.5 Å². The number of hydrogen-bond acceptors (Lipinski definition) is 2. The number of halogens is 1. The number of hydrogen-bond donors (Lipinski definition) is 1. The molecule has 0 aromatic heterocycles. The minimum Gasteiger partial charge on any atom is -0.481 e. The number of nitrogens with zero attached hydrogens (tertiary/aromatic N) is 1. The highest BCUT2D eigenvalue weighted by Gasteiger charge is 2.27. The summed E-state index contributed by atoms with van der Waals surface area (Å²) in [7, 11) is 0. The van der Waals surface area contributed by atoms with E-state index in [1.165, 1.54) is 18.2 Å². The zero-order valence-electron chi connectivity index (χ0n) is 11.2. The Balaban J connectivity index is 2.43. The minimum absolute atomic E-state index is 0.182. The summed E-state index contributed by atoms with van der Waals surface area (Å²) < 4.78 is 13.4. The Morgan fingerprint density at radius 3 is 2.38 bits per heavy atom. The molecule has 3 nitrogen and oxygen atoms in total. The van der Waals surface area contributed by atoms with E-state index in [0.717, 1.165) is 5.56 Å². The van der Waals surface area contributed by atoms with Crippen LogP contribution in [-0.4, -0.2) is 11.1 Å². The summed E-state index contributed by atoms with van der Waals surface area (Å²) in [5.74, 6) is -2.65. The Kier molecular flexibility index (Phi) is 4.68. The van der Waals surface area contributed by atoms with Gasteiger partial charge in [0.1, 0.15) is 5.82 Å². The van der Waals surface area contributed by atoms with E-state index in [-0.39, 0.29) is 6.42 Å². The minimum atomic E-state index is -0.986. The Labute approximate surface area is 122 Å². The molecule has 1 N–H and O–H groups in total. The fraction of sp³-hybridized carbons (Fsp3) is 0.176. The highest BCUT2D eigenvalue weighted by atomic mass is 19.1. The first-order chi connectivity index (χ1) is 10.1. The normalized spacial score (nSPS) is 13.1. The van der Waals surface area contributed by atoms with Crippen LogP contribution in [0.4, 0.5) is 4.39 Å². The van der Waals surface area contributed by atoms with Crippen LogP contribution in [0, 0.1) is 17.1 Å². The second-order valence-electron chi connectivity index (χ2n) is 4.78. The number of rotatable bonds is 5. The van der Waals surface area contributed by atoms with Gasteiger partial charge in [0, 0.05) is 5.92 Å². The number of nitriles is 1. The largest absolute Gasteiger partial charge is 0.481 e. The van der Waals surface area contributed by atoms with Gasteiger partial charge >= 0.3 is 5.97 Å². The molecule has 21 heavy (non-hydrogen) atoms. The number of carboxylic acids is 1. The fourth-order valence-electron chi connectivity index (χ4n) is 2.41. The van der Waals surface area contributed by atoms with Gasteiger partial charge in [-0.15, -0.1) is 0 Å². The maximum Gasteiger partial charge on any atom is 0.304 e. The van der Waals surface area contributed by atoms with Crippen molar-refractivity contribution < 1.29 is 14.3 Å². The molecule has 0 spiro atoms. The molecule has 2 rings (SSSR count). The quantitative estimate of drug-likeness (QED) is 0.910. The fourth-order valence-corrected chi connectivity index (χ4v) is 2.41. The van der Waals surface area contributed by atoms with Gasteiger partial charge in [-0.25, -0.2) is 4.39 Å². The number of carboxylic acid groups (broad SMARTS) is 1. The van der Waals surface area contributed by atoms with Gasteiger partial charge < -0.3 is 5.11 Å². The van der Waals surface area contributed by atoms with Crippen LogP contribution in [0.2, 0.25) is 0 Å². The second kappa shape index (κ2) is 6.67. The van der Waals surface area contributed by atoms with Crippen LogP contribution in [0.25, 0.3) is 0 Å². The Morgan fingerprint density at radius 1 is 1.14 bits per heavy atom. The van der Waals surface area contributed by atoms with Crippen molar-refractivity contribution in [3.8, 4) is 6.07 Å². The van der Waals surface area contributed by atoms with Crippen molar-refractivity contribution in [2.75, 3.05) is 0 Å². The molecular formula is C17H14FNO2. The lowest BCUT2D eigenvalue weighted by Gasteiger charge is -2.21. The van der Waals surface area contributed by atoms with E-state index in [1.54, 1.807) is 30.3 Å². The summed E-state index contributed by atoms with van der Waals surface area (Å²) in [4.78, 5) is 11.1. The van der Waals surface area contributed by atoms with Crippen molar-refractivity contribution in [1.82, 2.24) is 0 Å². The van der Waals surface area contributed by atoms with Crippen LogP contribution in [0.1, 0.15) is 29.4 Å². The maximum atomic E-state index is 13.4. The topological polar surface area (TPSA) is 61.1 Å². The van der Waals surface area contributed by atoms with Crippen LogP contribution < -0.4 is 0 Å². The average molecular weight is 283 g/mol. The van der Waals surface area contributed by atoms with Gasteiger partial charge in [-0.3, -0.25) is 4.79 Å². The van der Waals surface area contributed by atoms with Crippen molar-refractivity contribution in [1.29, 1.82) is 5.26 Å². The highest BCUT2D eigenvalue weighted by Crippen LogP contribution is 2.35. The van der Waals surface area contributed by atoms with E-state index in [2.05, 4.69) is 6.07 Å². The van der Waals surface area contributed by atoms with Crippen LogP contribution >= 0.6 is 0 Å². The van der Waals surface area contributed by atoms with Crippen molar-refractivity contribution in [3.63, 3.8) is 0 Å². The van der Waals surface area contributed by atoms with E-state index in [9.17, 15) is 14.4 Å². The SMILES string of the molecule is N#CC(c1cccc(F)c1)C(CC(=O)O)c1ccccc1. The Hall–Kier alpha value is -2.67. The van der Waals surface area contributed by atoms with Crippen molar-refractivity contribution >= 4 is 5.97 Å². The molecule has 0 radical (unpaired) electrons. The third-order valence-electron chi connectivity index (χ3n) is 3.37. The van der Waals surface area contributed by atoms with Crippen molar-refractivity contribution in [2.24, 2.45) is 0 Å². The highest BCUT2D eigenvalue weighted by molar-refractivity contribution is 5.68. The summed E-state index contributed by atoms with van der Waals surface area (Å²) in [6.07, 6.45) is -0.182. The van der Waals surface area contributed by atoms with E-state index in [0.29, 0.717) is 5.56 Å². The summed E-state index contributed by atoms with van der Waals surface area (Å²) in [5.41, 5.74) is 1.25. The maximum absolute atomic E-state index is 13.4. The van der Waals surface area contributed by atoms with E-state index >= 15 is 0 Å². The molecule has 2 atom stereocenters. The molecule has 2 unspecified atom stereocenters. The second-order valence-corrected chi connectivity index (χ2v) is 4.78. The average Bonchev–Trinajstić information content (AvgIpc) is 2.48. The van der Waals surface area contributed by atoms with Crippen LogP contribution in [0.5, 0.6) is 0 Å². The van der Waals surface area contributed by atoms with Crippen LogP contribution in [0.15, 0.2) is 54.6 Å². The molecule has 0 aliphatic carbocycles. The third-order valence-corrected chi connectivity index (χ3v) is 3.37. The third kappa shape index (κ3) is 3.67. The lowest BCUT2D eigenvalue weighted by atomic mass is 9.80. The summed E-state index contributed by atoms with van der Waals surface area (Å²) in [5, 5.41) is 18.6. The first-order valence-electron chi connectivity index (χ1n) is 6.53. The molecule has 0 aliphatic rings. The molecular weight excluding hydrogens is 269 g/mol. The first-order valence-corrected chi connectivity index (χ1v) is 6.53. The van der Waals surface area contributed by atoms with Crippen molar-refractivity contribution in [3.05, 3.63) is 71.5 Å². The summed E-state index contributed by atoms with van der Waals surface area (Å²) >= 11 is 0. The zero-order chi connectivity index (χ0) is 15.2. The predicted octanol–water partition coefficient (Wildman–Crippen LogP) is 3.69. The van der Waals surface area contributed by atoms with Gasteiger partial charge in [0.05, 0.1) is 18.4 Å². The van der Waals surface area contributed by atoms with Gasteiger partial charge in [0.25, 0.3) is 0 Å². The molecule has 0 saturated heterocycles. The van der Waals surface area contributed by atoms with Crippen LogP contribution in [0.3, 0.4) is 0 Å². The smallest absolute Gasteiger partial charge is 0.304 e. The molecule has 0 heterocycles. The summed E-state index contributed by atoms with van der Waals surface area (Å²) in [6, 6.07) is 16.9. The lowest BCUT2D eigenvalue weighted by Crippen LogP contribution is -2.14. The van der Waals surface area contributed by atoms with E-state index in [4.69, 9.17) is 5.11 Å². The number of carbonyl (C=O) groups is 1. The molecule has 0 saturated carbocycles. The Bertz CT molecular complexity index is 664. The molecule has 2 aromatic carbocycles. The number of aliphatic carboxylic acids is 1. The molecule has 0 aliphatic heterocycles. The van der Waals surface area contributed by atoms with E-state index in [1.807, 2.05) is 6.07 Å². The lowest BCUT2D eigenvalue weighted by molar-refractivity contribution is -0.137. The molecule has 0 amide bonds. The van der Waals surface area contributed by atoms with Crippen LogP contribution in [-0.2, 0) is 4.79 Å². The molecule has 4 heteroatoms. The van der Waals surface area contributed by atoms with Gasteiger partial charge in [-0.05, 0) is 23.3 Å². The van der Waals surface area contributed by atoms with Crippen molar-refractivity contribution in [2.45, 2.75) is 18.3 Å². The molecule has 0 bridgehead atoms. The van der Waals surface area contributed by atoms with Gasteiger partial charge in [0.2, 0.25) is 0 Å². The standard InChI is InChI=1S/C17H14FNO2/c18-14-8-4-7-13(9-14)16(11-19)15(10-17(20)21)12-5-2-1-3-6-12/h1-9,15-16H,10H2,(H,20,21).